The Hall–Kier alpha value is -2.88. The molecule has 2 N–H and O–H groups in total. The number of rotatable bonds is 6. The number of hydrogen-bond donors (Lipinski definition) is 2. The minimum atomic E-state index is -0.262. The summed E-state index contributed by atoms with van der Waals surface area (Å²) in [4.78, 5) is 16.7. The van der Waals surface area contributed by atoms with Crippen molar-refractivity contribution >= 4 is 16.8 Å². The normalized spacial score (nSPS) is 10.8. The first-order chi connectivity index (χ1) is 12.1. The summed E-state index contributed by atoms with van der Waals surface area (Å²) in [5, 5.41) is 14.1. The van der Waals surface area contributed by atoms with Gasteiger partial charge in [-0.2, -0.15) is 0 Å². The number of fused-ring (bicyclic) bond motifs is 1. The number of benzene rings is 2. The molecule has 1 heterocycles. The third-order valence-electron chi connectivity index (χ3n) is 4.24. The molecule has 3 rings (SSSR count). The van der Waals surface area contributed by atoms with Crippen LogP contribution in [0.1, 0.15) is 34.5 Å². The number of hydrogen-bond acceptors (Lipinski definition) is 3. The fourth-order valence-corrected chi connectivity index (χ4v) is 2.85. The molecule has 2 aromatic carbocycles. The molecule has 1 amide bonds. The van der Waals surface area contributed by atoms with E-state index in [1.807, 2.05) is 43.3 Å². The molecule has 128 valence electrons. The van der Waals surface area contributed by atoms with Crippen molar-refractivity contribution in [3.8, 4) is 5.75 Å². The monoisotopic (exact) mass is 334 g/mol. The highest BCUT2D eigenvalue weighted by atomic mass is 16.3. The topological polar surface area (TPSA) is 62.2 Å². The van der Waals surface area contributed by atoms with Gasteiger partial charge in [0.1, 0.15) is 5.52 Å². The van der Waals surface area contributed by atoms with Gasteiger partial charge in [0.25, 0.3) is 5.91 Å². The maximum Gasteiger partial charge on any atom is 0.255 e. The van der Waals surface area contributed by atoms with Crippen LogP contribution < -0.4 is 5.32 Å². The van der Waals surface area contributed by atoms with E-state index in [1.54, 1.807) is 6.07 Å². The number of aryl methyl sites for hydroxylation is 2. The first-order valence-corrected chi connectivity index (χ1v) is 8.56. The molecule has 0 aliphatic heterocycles. The number of amides is 1. The zero-order valence-electron chi connectivity index (χ0n) is 14.3. The highest BCUT2D eigenvalue weighted by Crippen LogP contribution is 2.27. The Balaban J connectivity index is 1.56. The Labute approximate surface area is 147 Å². The first-order valence-electron chi connectivity index (χ1n) is 8.56. The molecule has 0 saturated heterocycles. The second-order valence-corrected chi connectivity index (χ2v) is 6.18. The van der Waals surface area contributed by atoms with Crippen molar-refractivity contribution in [2.24, 2.45) is 0 Å². The summed E-state index contributed by atoms with van der Waals surface area (Å²) in [6.45, 7) is 2.45. The van der Waals surface area contributed by atoms with Crippen molar-refractivity contribution in [2.75, 3.05) is 6.54 Å². The molecule has 0 spiro atoms. The zero-order valence-corrected chi connectivity index (χ0v) is 14.3. The van der Waals surface area contributed by atoms with Gasteiger partial charge in [-0.25, -0.2) is 4.98 Å². The van der Waals surface area contributed by atoms with Gasteiger partial charge in [-0.1, -0.05) is 42.5 Å². The van der Waals surface area contributed by atoms with Crippen molar-refractivity contribution < 1.29 is 9.90 Å². The lowest BCUT2D eigenvalue weighted by Crippen LogP contribution is -2.24. The van der Waals surface area contributed by atoms with Crippen molar-refractivity contribution in [1.29, 1.82) is 0 Å². The van der Waals surface area contributed by atoms with Gasteiger partial charge in [-0.05, 0) is 43.9 Å². The summed E-state index contributed by atoms with van der Waals surface area (Å²) in [5.74, 6) is -0.314. The number of pyridine rings is 1. The molecule has 0 saturated carbocycles. The minimum absolute atomic E-state index is 0.0528. The average Bonchev–Trinajstić information content (AvgIpc) is 2.63. The van der Waals surface area contributed by atoms with E-state index in [0.29, 0.717) is 12.1 Å². The summed E-state index contributed by atoms with van der Waals surface area (Å²) in [6, 6.07) is 17.5. The Kier molecular flexibility index (Phi) is 5.29. The molecular formula is C21H22N2O2. The second-order valence-electron chi connectivity index (χ2n) is 6.18. The molecule has 0 bridgehead atoms. The summed E-state index contributed by atoms with van der Waals surface area (Å²) < 4.78 is 0. The Morgan fingerprint density at radius 2 is 1.80 bits per heavy atom. The fourth-order valence-electron chi connectivity index (χ4n) is 2.85. The van der Waals surface area contributed by atoms with Crippen LogP contribution in [-0.4, -0.2) is 22.5 Å². The predicted molar refractivity (Wildman–Crippen MR) is 99.9 cm³/mol. The van der Waals surface area contributed by atoms with Crippen molar-refractivity contribution in [3.05, 3.63) is 71.4 Å². The van der Waals surface area contributed by atoms with Crippen LogP contribution in [0.4, 0.5) is 0 Å². The van der Waals surface area contributed by atoms with E-state index in [9.17, 15) is 9.90 Å². The van der Waals surface area contributed by atoms with E-state index < -0.39 is 0 Å². The third kappa shape index (κ3) is 4.15. The summed E-state index contributed by atoms with van der Waals surface area (Å²) >= 11 is 0. The minimum Gasteiger partial charge on any atom is -0.505 e. The van der Waals surface area contributed by atoms with Gasteiger partial charge < -0.3 is 10.4 Å². The molecule has 3 aromatic rings. The number of unbranched alkanes of at least 4 members (excludes halogenated alkanes) is 1. The maximum atomic E-state index is 12.3. The Morgan fingerprint density at radius 1 is 1.04 bits per heavy atom. The fraction of sp³-hybridized carbons (Fsp3) is 0.238. The van der Waals surface area contributed by atoms with E-state index in [-0.39, 0.29) is 17.2 Å². The van der Waals surface area contributed by atoms with Gasteiger partial charge >= 0.3 is 0 Å². The molecule has 0 aliphatic rings. The van der Waals surface area contributed by atoms with E-state index in [1.165, 1.54) is 5.56 Å². The van der Waals surface area contributed by atoms with E-state index in [0.717, 1.165) is 30.3 Å². The predicted octanol–water partition coefficient (Wildman–Crippen LogP) is 4.00. The van der Waals surface area contributed by atoms with Crippen LogP contribution in [0.3, 0.4) is 0 Å². The number of aromatic hydroxyl groups is 1. The maximum absolute atomic E-state index is 12.3. The van der Waals surface area contributed by atoms with Gasteiger partial charge in [-0.3, -0.25) is 4.79 Å². The number of nitrogens with zero attached hydrogens (tertiary/aromatic N) is 1. The zero-order chi connectivity index (χ0) is 17.6. The molecule has 25 heavy (non-hydrogen) atoms. The largest absolute Gasteiger partial charge is 0.505 e. The lowest BCUT2D eigenvalue weighted by molar-refractivity contribution is 0.0950. The number of carbonyl (C=O) groups excluding carboxylic acids is 1. The summed E-state index contributed by atoms with van der Waals surface area (Å²) in [7, 11) is 0. The SMILES string of the molecule is Cc1ccc2ccc(C(=O)NCCCCc3ccccc3)c(O)c2n1. The molecule has 0 atom stereocenters. The molecule has 0 radical (unpaired) electrons. The summed E-state index contributed by atoms with van der Waals surface area (Å²) in [6.07, 6.45) is 2.90. The van der Waals surface area contributed by atoms with Crippen LogP contribution in [0.5, 0.6) is 5.75 Å². The number of nitrogens with one attached hydrogen (secondary N) is 1. The van der Waals surface area contributed by atoms with Crippen LogP contribution in [-0.2, 0) is 6.42 Å². The van der Waals surface area contributed by atoms with E-state index >= 15 is 0 Å². The van der Waals surface area contributed by atoms with Gasteiger partial charge in [0, 0.05) is 17.6 Å². The smallest absolute Gasteiger partial charge is 0.255 e. The molecule has 4 heteroatoms. The molecule has 0 unspecified atom stereocenters. The van der Waals surface area contributed by atoms with Crippen molar-refractivity contribution in [1.82, 2.24) is 10.3 Å². The van der Waals surface area contributed by atoms with Crippen LogP contribution in [0, 0.1) is 6.92 Å². The third-order valence-corrected chi connectivity index (χ3v) is 4.24. The second kappa shape index (κ2) is 7.79. The highest BCUT2D eigenvalue weighted by molar-refractivity contribution is 6.02. The van der Waals surface area contributed by atoms with Crippen LogP contribution in [0.15, 0.2) is 54.6 Å². The number of phenols is 1. The van der Waals surface area contributed by atoms with Gasteiger partial charge in [0.05, 0.1) is 5.56 Å². The molecule has 0 aliphatic carbocycles. The highest BCUT2D eigenvalue weighted by Gasteiger charge is 2.14. The van der Waals surface area contributed by atoms with Gasteiger partial charge in [0.15, 0.2) is 5.75 Å². The van der Waals surface area contributed by atoms with E-state index in [2.05, 4.69) is 22.4 Å². The Bertz CT molecular complexity index is 876. The number of aromatic nitrogens is 1. The lowest BCUT2D eigenvalue weighted by Gasteiger charge is -2.09. The molecule has 1 aromatic heterocycles. The van der Waals surface area contributed by atoms with E-state index in [4.69, 9.17) is 0 Å². The number of carbonyl (C=O) groups is 1. The van der Waals surface area contributed by atoms with Crippen LogP contribution in [0.2, 0.25) is 0 Å². The Morgan fingerprint density at radius 3 is 2.60 bits per heavy atom. The average molecular weight is 334 g/mol. The number of phenolic OH excluding ortho intramolecular Hbond substituents is 1. The standard InChI is InChI=1S/C21H22N2O2/c1-15-10-11-17-12-13-18(20(24)19(17)23-15)21(25)22-14-6-5-9-16-7-3-2-4-8-16/h2-4,7-8,10-13,24H,5-6,9,14H2,1H3,(H,22,25). The van der Waals surface area contributed by atoms with Crippen molar-refractivity contribution in [2.45, 2.75) is 26.2 Å². The first kappa shape index (κ1) is 17.0. The molecule has 4 nitrogen and oxygen atoms in total. The van der Waals surface area contributed by atoms with Crippen molar-refractivity contribution in [3.63, 3.8) is 0 Å². The quantitative estimate of drug-likeness (QED) is 0.670. The van der Waals surface area contributed by atoms with Gasteiger partial charge in [-0.15, -0.1) is 0 Å². The van der Waals surface area contributed by atoms with Crippen LogP contribution in [0.25, 0.3) is 10.9 Å². The molecular weight excluding hydrogens is 312 g/mol. The molecule has 0 fully saturated rings. The lowest BCUT2D eigenvalue weighted by atomic mass is 10.1. The van der Waals surface area contributed by atoms with Crippen LogP contribution >= 0.6 is 0 Å². The van der Waals surface area contributed by atoms with Gasteiger partial charge in [0.2, 0.25) is 0 Å². The summed E-state index contributed by atoms with van der Waals surface area (Å²) in [5.41, 5.74) is 2.86.